The van der Waals surface area contributed by atoms with Crippen molar-refractivity contribution < 1.29 is 23.9 Å². The van der Waals surface area contributed by atoms with E-state index in [1.807, 2.05) is 6.07 Å². The molecule has 0 saturated carbocycles. The van der Waals surface area contributed by atoms with Crippen LogP contribution in [0.2, 0.25) is 0 Å². The van der Waals surface area contributed by atoms with Gasteiger partial charge in [0.2, 0.25) is 0 Å². The lowest BCUT2D eigenvalue weighted by molar-refractivity contribution is -0.119. The fourth-order valence-corrected chi connectivity index (χ4v) is 3.59. The third-order valence-corrected chi connectivity index (χ3v) is 5.21. The van der Waals surface area contributed by atoms with Crippen LogP contribution in [-0.2, 0) is 16.0 Å². The van der Waals surface area contributed by atoms with Crippen LogP contribution in [-0.4, -0.2) is 30.0 Å². The number of hydrogen-bond acceptors (Lipinski definition) is 7. The van der Waals surface area contributed by atoms with E-state index in [9.17, 15) is 19.2 Å². The summed E-state index contributed by atoms with van der Waals surface area (Å²) in [6, 6.07) is 17.8. The quantitative estimate of drug-likeness (QED) is 0.360. The zero-order chi connectivity index (χ0) is 23.5. The van der Waals surface area contributed by atoms with E-state index >= 15 is 0 Å². The number of nitrogens with two attached hydrogens (primary N) is 1. The number of esters is 1. The number of amides is 1. The summed E-state index contributed by atoms with van der Waals surface area (Å²) in [6.07, 6.45) is 0.258. The second-order valence-electron chi connectivity index (χ2n) is 7.31. The Morgan fingerprint density at radius 1 is 0.909 bits per heavy atom. The van der Waals surface area contributed by atoms with Crippen LogP contribution in [0, 0.1) is 11.3 Å². The summed E-state index contributed by atoms with van der Waals surface area (Å²) in [6.45, 7) is -0.578. The van der Waals surface area contributed by atoms with Crippen molar-refractivity contribution in [2.75, 3.05) is 17.7 Å². The highest BCUT2D eigenvalue weighted by atomic mass is 16.5. The SMILES string of the molecule is N#CCc1ccc(NC(=O)COC(=O)c2ccc3c(c2N)C(=O)c2ccccc2C3=O)cc1. The van der Waals surface area contributed by atoms with E-state index in [-0.39, 0.29) is 45.7 Å². The highest BCUT2D eigenvalue weighted by Gasteiger charge is 2.33. The summed E-state index contributed by atoms with van der Waals surface area (Å²) < 4.78 is 5.06. The Morgan fingerprint density at radius 3 is 2.24 bits per heavy atom. The number of nitriles is 1. The minimum Gasteiger partial charge on any atom is -0.452 e. The van der Waals surface area contributed by atoms with E-state index in [1.54, 1.807) is 42.5 Å². The van der Waals surface area contributed by atoms with E-state index in [0.29, 0.717) is 5.69 Å². The molecule has 0 heterocycles. The Morgan fingerprint density at radius 2 is 1.58 bits per heavy atom. The van der Waals surface area contributed by atoms with Gasteiger partial charge in [-0.3, -0.25) is 14.4 Å². The predicted molar refractivity (Wildman–Crippen MR) is 119 cm³/mol. The molecule has 0 unspecified atom stereocenters. The smallest absolute Gasteiger partial charge is 0.340 e. The molecule has 3 N–H and O–H groups in total. The average Bonchev–Trinajstić information content (AvgIpc) is 2.82. The molecule has 0 fully saturated rings. The molecule has 0 aliphatic heterocycles. The molecule has 1 aliphatic rings. The van der Waals surface area contributed by atoms with Gasteiger partial charge in [-0.05, 0) is 29.8 Å². The van der Waals surface area contributed by atoms with Crippen LogP contribution in [0.3, 0.4) is 0 Å². The normalized spacial score (nSPS) is 11.7. The fourth-order valence-electron chi connectivity index (χ4n) is 3.59. The van der Waals surface area contributed by atoms with Gasteiger partial charge in [0.25, 0.3) is 5.91 Å². The van der Waals surface area contributed by atoms with E-state index in [4.69, 9.17) is 15.7 Å². The zero-order valence-corrected chi connectivity index (χ0v) is 17.3. The Balaban J connectivity index is 1.47. The summed E-state index contributed by atoms with van der Waals surface area (Å²) in [5.74, 6) is -2.28. The number of carbonyl (C=O) groups excluding carboxylic acids is 4. The first-order valence-electron chi connectivity index (χ1n) is 9.94. The van der Waals surface area contributed by atoms with Crippen molar-refractivity contribution in [3.63, 3.8) is 0 Å². The van der Waals surface area contributed by atoms with Crippen LogP contribution in [0.4, 0.5) is 11.4 Å². The number of nitrogens with one attached hydrogen (secondary N) is 1. The molecule has 0 radical (unpaired) electrons. The second-order valence-corrected chi connectivity index (χ2v) is 7.31. The van der Waals surface area contributed by atoms with Crippen molar-refractivity contribution in [1.29, 1.82) is 5.26 Å². The van der Waals surface area contributed by atoms with Crippen LogP contribution in [0.1, 0.15) is 47.8 Å². The molecule has 8 heteroatoms. The Bertz CT molecular complexity index is 1350. The topological polar surface area (TPSA) is 139 Å². The Kier molecular flexibility index (Phi) is 5.70. The van der Waals surface area contributed by atoms with Gasteiger partial charge in [-0.25, -0.2) is 4.79 Å². The molecule has 0 aromatic heterocycles. The number of carbonyl (C=O) groups is 4. The number of ether oxygens (including phenoxy) is 1. The third-order valence-electron chi connectivity index (χ3n) is 5.21. The second kappa shape index (κ2) is 8.77. The Labute approximate surface area is 188 Å². The highest BCUT2D eigenvalue weighted by Crippen LogP contribution is 2.32. The molecule has 0 spiro atoms. The largest absolute Gasteiger partial charge is 0.452 e. The molecule has 3 aromatic carbocycles. The maximum absolute atomic E-state index is 12.9. The lowest BCUT2D eigenvalue weighted by Crippen LogP contribution is -2.25. The van der Waals surface area contributed by atoms with Crippen molar-refractivity contribution in [2.45, 2.75) is 6.42 Å². The molecule has 0 atom stereocenters. The van der Waals surface area contributed by atoms with Crippen LogP contribution in [0.25, 0.3) is 0 Å². The van der Waals surface area contributed by atoms with Gasteiger partial charge in [-0.1, -0.05) is 36.4 Å². The molecule has 1 amide bonds. The Hall–Kier alpha value is -4.77. The number of hydrogen-bond donors (Lipinski definition) is 2. The van der Waals surface area contributed by atoms with Gasteiger partial charge in [0.15, 0.2) is 18.2 Å². The molecule has 0 saturated heterocycles. The highest BCUT2D eigenvalue weighted by molar-refractivity contribution is 6.30. The lowest BCUT2D eigenvalue weighted by atomic mass is 9.82. The number of nitrogen functional groups attached to an aromatic ring is 1. The number of benzene rings is 3. The molecular weight excluding hydrogens is 422 g/mol. The standard InChI is InChI=1S/C25H17N3O5/c26-12-11-14-5-7-15(8-6-14)28-20(29)13-33-25(32)19-10-9-18-21(22(19)27)24(31)17-4-2-1-3-16(17)23(18)30/h1-10H,11,13,27H2,(H,28,29). The number of anilines is 2. The summed E-state index contributed by atoms with van der Waals surface area (Å²) >= 11 is 0. The van der Waals surface area contributed by atoms with Gasteiger partial charge in [0.05, 0.1) is 29.3 Å². The lowest BCUT2D eigenvalue weighted by Gasteiger charge is -2.20. The van der Waals surface area contributed by atoms with E-state index in [0.717, 1.165) is 5.56 Å². The first-order valence-corrected chi connectivity index (χ1v) is 9.94. The minimum atomic E-state index is -0.895. The molecule has 33 heavy (non-hydrogen) atoms. The van der Waals surface area contributed by atoms with Crippen molar-refractivity contribution in [3.8, 4) is 6.07 Å². The van der Waals surface area contributed by atoms with Crippen LogP contribution < -0.4 is 11.1 Å². The maximum atomic E-state index is 12.9. The summed E-state index contributed by atoms with van der Waals surface area (Å²) in [4.78, 5) is 50.3. The van der Waals surface area contributed by atoms with Gasteiger partial charge >= 0.3 is 5.97 Å². The van der Waals surface area contributed by atoms with Gasteiger partial charge in [0, 0.05) is 22.4 Å². The van der Waals surface area contributed by atoms with Crippen molar-refractivity contribution in [1.82, 2.24) is 0 Å². The van der Waals surface area contributed by atoms with Crippen molar-refractivity contribution >= 4 is 34.8 Å². The zero-order valence-electron chi connectivity index (χ0n) is 17.3. The molecule has 3 aromatic rings. The first-order chi connectivity index (χ1) is 15.9. The maximum Gasteiger partial charge on any atom is 0.340 e. The third kappa shape index (κ3) is 4.07. The van der Waals surface area contributed by atoms with E-state index < -0.39 is 24.3 Å². The van der Waals surface area contributed by atoms with Gasteiger partial charge < -0.3 is 15.8 Å². The van der Waals surface area contributed by atoms with Crippen molar-refractivity contribution in [2.24, 2.45) is 0 Å². The van der Waals surface area contributed by atoms with Crippen LogP contribution in [0.5, 0.6) is 0 Å². The van der Waals surface area contributed by atoms with Gasteiger partial charge in [0.1, 0.15) is 0 Å². The first kappa shape index (κ1) is 21.5. The number of nitrogens with zero attached hydrogens (tertiary/aromatic N) is 1. The molecule has 0 bridgehead atoms. The summed E-state index contributed by atoms with van der Waals surface area (Å²) in [5.41, 5.74) is 7.66. The van der Waals surface area contributed by atoms with Crippen LogP contribution >= 0.6 is 0 Å². The number of fused-ring (bicyclic) bond motifs is 2. The average molecular weight is 439 g/mol. The summed E-state index contributed by atoms with van der Waals surface area (Å²) in [5, 5.41) is 11.3. The number of rotatable bonds is 5. The summed E-state index contributed by atoms with van der Waals surface area (Å²) in [7, 11) is 0. The fraction of sp³-hybridized carbons (Fsp3) is 0.0800. The predicted octanol–water partition coefficient (Wildman–Crippen LogP) is 2.91. The number of ketones is 2. The van der Waals surface area contributed by atoms with E-state index in [1.165, 1.54) is 18.2 Å². The van der Waals surface area contributed by atoms with Gasteiger partial charge in [-0.15, -0.1) is 0 Å². The van der Waals surface area contributed by atoms with Crippen LogP contribution in [0.15, 0.2) is 60.7 Å². The molecular formula is C25H17N3O5. The van der Waals surface area contributed by atoms with E-state index in [2.05, 4.69) is 5.32 Å². The molecule has 162 valence electrons. The molecule has 1 aliphatic carbocycles. The molecule has 4 rings (SSSR count). The monoisotopic (exact) mass is 439 g/mol. The minimum absolute atomic E-state index is 0.0462. The van der Waals surface area contributed by atoms with Crippen molar-refractivity contribution in [3.05, 3.63) is 94.0 Å². The van der Waals surface area contributed by atoms with Gasteiger partial charge in [-0.2, -0.15) is 5.26 Å². The molecule has 8 nitrogen and oxygen atoms in total.